The Morgan fingerprint density at radius 3 is 2.78 bits per heavy atom. The van der Waals surface area contributed by atoms with Gasteiger partial charge in [0.15, 0.2) is 11.5 Å². The van der Waals surface area contributed by atoms with Crippen LogP contribution in [0, 0.1) is 0 Å². The molecule has 1 fully saturated rings. The summed E-state index contributed by atoms with van der Waals surface area (Å²) in [6.07, 6.45) is 0. The maximum atomic E-state index is 12.6. The Morgan fingerprint density at radius 2 is 1.93 bits per heavy atom. The average Bonchev–Trinajstić information content (AvgIpc) is 3.13. The highest BCUT2D eigenvalue weighted by Gasteiger charge is 2.20. The van der Waals surface area contributed by atoms with Crippen molar-refractivity contribution in [1.82, 2.24) is 0 Å². The highest BCUT2D eigenvalue weighted by molar-refractivity contribution is 7.17. The fourth-order valence-electron chi connectivity index (χ4n) is 3.59. The number of thiophene rings is 1. The Hall–Kier alpha value is -2.51. The molecule has 5 rings (SSSR count). The minimum atomic E-state index is 0.00272. The molecule has 27 heavy (non-hydrogen) atoms. The van der Waals surface area contributed by atoms with Crippen molar-refractivity contribution in [2.45, 2.75) is 0 Å². The third-order valence-electron chi connectivity index (χ3n) is 5.12. The van der Waals surface area contributed by atoms with E-state index in [1.807, 2.05) is 11.4 Å². The maximum Gasteiger partial charge on any atom is 0.204 e. The summed E-state index contributed by atoms with van der Waals surface area (Å²) in [5.74, 6) is 1.48. The van der Waals surface area contributed by atoms with Crippen LogP contribution >= 0.6 is 11.3 Å². The molecule has 0 atom stereocenters. The molecule has 0 aliphatic carbocycles. The van der Waals surface area contributed by atoms with Crippen LogP contribution in [0.25, 0.3) is 21.4 Å². The quantitative estimate of drug-likeness (QED) is 0.676. The van der Waals surface area contributed by atoms with E-state index in [0.29, 0.717) is 36.0 Å². The molecule has 0 unspecified atom stereocenters. The number of ether oxygens (including phenoxy) is 2. The highest BCUT2D eigenvalue weighted by Crippen LogP contribution is 2.39. The Kier molecular flexibility index (Phi) is 4.06. The lowest BCUT2D eigenvalue weighted by Gasteiger charge is -2.28. The lowest BCUT2D eigenvalue weighted by molar-refractivity contribution is 0.121. The van der Waals surface area contributed by atoms with Crippen LogP contribution in [0.4, 0.5) is 11.6 Å². The third-order valence-corrected chi connectivity index (χ3v) is 6.10. The molecule has 0 saturated carbocycles. The Morgan fingerprint density at radius 1 is 1.07 bits per heavy atom. The SMILES string of the molecule is CN1CCOc2cc(-c3csc4c(=O)cc(N5CCOCC5)oc34)ccc21. The van der Waals surface area contributed by atoms with Crippen LogP contribution in [0.5, 0.6) is 5.75 Å². The molecule has 0 N–H and O–H groups in total. The van der Waals surface area contributed by atoms with Gasteiger partial charge in [-0.15, -0.1) is 11.3 Å². The second kappa shape index (κ2) is 6.58. The molecular weight excluding hydrogens is 364 g/mol. The van der Waals surface area contributed by atoms with Gasteiger partial charge < -0.3 is 23.7 Å². The van der Waals surface area contributed by atoms with Crippen molar-refractivity contribution >= 4 is 33.2 Å². The molecule has 0 bridgehead atoms. The monoisotopic (exact) mass is 384 g/mol. The van der Waals surface area contributed by atoms with Gasteiger partial charge in [-0.25, -0.2) is 0 Å². The molecule has 0 spiro atoms. The van der Waals surface area contributed by atoms with E-state index in [1.165, 1.54) is 11.3 Å². The molecule has 4 heterocycles. The van der Waals surface area contributed by atoms with Crippen LogP contribution in [-0.2, 0) is 4.74 Å². The first-order valence-corrected chi connectivity index (χ1v) is 9.95. The smallest absolute Gasteiger partial charge is 0.204 e. The first-order chi connectivity index (χ1) is 13.2. The summed E-state index contributed by atoms with van der Waals surface area (Å²) in [6, 6.07) is 7.76. The van der Waals surface area contributed by atoms with E-state index < -0.39 is 0 Å². The summed E-state index contributed by atoms with van der Waals surface area (Å²) in [5, 5.41) is 1.99. The molecule has 0 amide bonds. The molecule has 2 aliphatic heterocycles. The van der Waals surface area contributed by atoms with Gasteiger partial charge in [-0.05, 0) is 17.7 Å². The van der Waals surface area contributed by atoms with E-state index in [0.717, 1.165) is 42.2 Å². The molecule has 2 aromatic heterocycles. The number of anilines is 2. The lowest BCUT2D eigenvalue weighted by Crippen LogP contribution is -2.36. The molecule has 2 aliphatic rings. The minimum absolute atomic E-state index is 0.00272. The normalized spacial score (nSPS) is 17.1. The van der Waals surface area contributed by atoms with E-state index in [4.69, 9.17) is 13.9 Å². The summed E-state index contributed by atoms with van der Waals surface area (Å²) < 4.78 is 18.1. The molecule has 3 aromatic rings. The first kappa shape index (κ1) is 16.6. The molecule has 140 valence electrons. The largest absolute Gasteiger partial charge is 0.490 e. The van der Waals surface area contributed by atoms with Crippen molar-refractivity contribution in [1.29, 1.82) is 0 Å². The fourth-order valence-corrected chi connectivity index (χ4v) is 4.51. The van der Waals surface area contributed by atoms with E-state index in [-0.39, 0.29) is 5.43 Å². The average molecular weight is 384 g/mol. The zero-order valence-electron chi connectivity index (χ0n) is 15.1. The van der Waals surface area contributed by atoms with Crippen LogP contribution in [0.15, 0.2) is 38.9 Å². The van der Waals surface area contributed by atoms with Crippen LogP contribution < -0.4 is 20.0 Å². The molecular formula is C20H20N2O4S. The number of hydrogen-bond acceptors (Lipinski definition) is 7. The van der Waals surface area contributed by atoms with Crippen molar-refractivity contribution < 1.29 is 13.9 Å². The van der Waals surface area contributed by atoms with Crippen molar-refractivity contribution in [3.63, 3.8) is 0 Å². The zero-order valence-corrected chi connectivity index (χ0v) is 15.9. The van der Waals surface area contributed by atoms with Crippen LogP contribution in [-0.4, -0.2) is 46.5 Å². The summed E-state index contributed by atoms with van der Waals surface area (Å²) in [4.78, 5) is 16.9. The Labute approximate surface area is 160 Å². The van der Waals surface area contributed by atoms with Crippen molar-refractivity contribution in [3.05, 3.63) is 39.9 Å². The second-order valence-corrected chi connectivity index (χ2v) is 7.69. The van der Waals surface area contributed by atoms with Gasteiger partial charge in [0.2, 0.25) is 5.43 Å². The van der Waals surface area contributed by atoms with Gasteiger partial charge in [-0.2, -0.15) is 0 Å². The molecule has 1 aromatic carbocycles. The summed E-state index contributed by atoms with van der Waals surface area (Å²) in [6.45, 7) is 4.31. The molecule has 1 saturated heterocycles. The van der Waals surface area contributed by atoms with E-state index in [9.17, 15) is 4.79 Å². The van der Waals surface area contributed by atoms with E-state index >= 15 is 0 Å². The molecule has 6 nitrogen and oxygen atoms in total. The number of hydrogen-bond donors (Lipinski definition) is 0. The van der Waals surface area contributed by atoms with Crippen molar-refractivity contribution in [2.75, 3.05) is 56.3 Å². The summed E-state index contributed by atoms with van der Waals surface area (Å²) >= 11 is 1.43. The molecule has 0 radical (unpaired) electrons. The van der Waals surface area contributed by atoms with E-state index in [2.05, 4.69) is 29.0 Å². The van der Waals surface area contributed by atoms with Gasteiger partial charge in [0.05, 0.1) is 25.4 Å². The van der Waals surface area contributed by atoms with Gasteiger partial charge >= 0.3 is 0 Å². The maximum absolute atomic E-state index is 12.6. The van der Waals surface area contributed by atoms with Gasteiger partial charge in [0.1, 0.15) is 17.1 Å². The van der Waals surface area contributed by atoms with Gasteiger partial charge in [-0.1, -0.05) is 6.07 Å². The Bertz CT molecular complexity index is 1050. The van der Waals surface area contributed by atoms with Crippen LogP contribution in [0.2, 0.25) is 0 Å². The summed E-state index contributed by atoms with van der Waals surface area (Å²) in [5.41, 5.74) is 3.67. The number of benzene rings is 1. The standard InChI is InChI=1S/C20H20N2O4S/c1-21-4-9-25-17-10-13(2-3-15(17)21)14-12-27-20-16(23)11-18(26-19(14)20)22-5-7-24-8-6-22/h2-3,10-12H,4-9H2,1H3. The van der Waals surface area contributed by atoms with Crippen molar-refractivity contribution in [2.24, 2.45) is 0 Å². The van der Waals surface area contributed by atoms with Crippen LogP contribution in [0.3, 0.4) is 0 Å². The van der Waals surface area contributed by atoms with Crippen molar-refractivity contribution in [3.8, 4) is 16.9 Å². The van der Waals surface area contributed by atoms with Crippen LogP contribution in [0.1, 0.15) is 0 Å². The number of morpholine rings is 1. The molecule has 7 heteroatoms. The van der Waals surface area contributed by atoms with Gasteiger partial charge in [0.25, 0.3) is 0 Å². The topological polar surface area (TPSA) is 55.2 Å². The lowest BCUT2D eigenvalue weighted by atomic mass is 10.1. The number of fused-ring (bicyclic) bond motifs is 2. The number of rotatable bonds is 2. The fraction of sp³-hybridized carbons (Fsp3) is 0.350. The third kappa shape index (κ3) is 2.87. The Balaban J connectivity index is 1.61. The van der Waals surface area contributed by atoms with Gasteiger partial charge in [-0.3, -0.25) is 4.79 Å². The zero-order chi connectivity index (χ0) is 18.4. The first-order valence-electron chi connectivity index (χ1n) is 9.07. The van der Waals surface area contributed by atoms with Gasteiger partial charge in [0, 0.05) is 37.1 Å². The number of nitrogens with zero attached hydrogens (tertiary/aromatic N) is 2. The predicted octanol–water partition coefficient (Wildman–Crippen LogP) is 3.19. The van der Waals surface area contributed by atoms with E-state index in [1.54, 1.807) is 6.07 Å². The number of likely N-dealkylation sites (N-methyl/N-ethyl adjacent to an activating group) is 1. The highest BCUT2D eigenvalue weighted by atomic mass is 32.1. The predicted molar refractivity (Wildman–Crippen MR) is 108 cm³/mol. The minimum Gasteiger partial charge on any atom is -0.490 e. The summed E-state index contributed by atoms with van der Waals surface area (Å²) in [7, 11) is 2.06. The second-order valence-electron chi connectivity index (χ2n) is 6.81.